The van der Waals surface area contributed by atoms with Crippen LogP contribution in [-0.4, -0.2) is 47.1 Å². The van der Waals surface area contributed by atoms with E-state index in [2.05, 4.69) is 96.8 Å². The van der Waals surface area contributed by atoms with E-state index in [1.807, 2.05) is 11.8 Å². The van der Waals surface area contributed by atoms with Gasteiger partial charge in [0, 0.05) is 31.1 Å². The molecule has 0 N–H and O–H groups in total. The highest BCUT2D eigenvalue weighted by molar-refractivity contribution is 8.00. The lowest BCUT2D eigenvalue weighted by Crippen LogP contribution is -2.51. The van der Waals surface area contributed by atoms with Gasteiger partial charge in [0.1, 0.15) is 0 Å². The van der Waals surface area contributed by atoms with Crippen molar-refractivity contribution in [1.82, 2.24) is 9.80 Å². The number of carbonyl (C=O) groups excluding carboxylic acids is 1. The fraction of sp³-hybridized carbons (Fsp3) is 0.296. The predicted molar refractivity (Wildman–Crippen MR) is 129 cm³/mol. The number of hydrogen-bond acceptors (Lipinski definition) is 3. The molecule has 1 aliphatic heterocycles. The summed E-state index contributed by atoms with van der Waals surface area (Å²) in [5.74, 6) is 0.237. The van der Waals surface area contributed by atoms with Crippen LogP contribution < -0.4 is 0 Å². The first-order valence-corrected chi connectivity index (χ1v) is 11.9. The normalized spacial score (nSPS) is 15.8. The summed E-state index contributed by atoms with van der Waals surface area (Å²) >= 11 is 1.65. The van der Waals surface area contributed by atoms with E-state index in [0.29, 0.717) is 0 Å². The summed E-state index contributed by atoms with van der Waals surface area (Å²) in [5, 5.41) is -0.0756. The van der Waals surface area contributed by atoms with Crippen LogP contribution in [0.4, 0.5) is 0 Å². The molecule has 0 aromatic heterocycles. The molecule has 4 heteroatoms. The van der Waals surface area contributed by atoms with Crippen LogP contribution in [0.15, 0.2) is 89.8 Å². The van der Waals surface area contributed by atoms with Crippen LogP contribution in [0.1, 0.15) is 29.7 Å². The Morgan fingerprint density at radius 2 is 1.29 bits per heavy atom. The molecule has 3 nitrogen and oxygen atoms in total. The summed E-state index contributed by atoms with van der Waals surface area (Å²) in [6.45, 7) is 7.41. The van der Waals surface area contributed by atoms with Gasteiger partial charge in [-0.05, 0) is 37.1 Å². The number of hydrogen-bond donors (Lipinski definition) is 0. The summed E-state index contributed by atoms with van der Waals surface area (Å²) in [5.41, 5.74) is 3.85. The van der Waals surface area contributed by atoms with Crippen molar-refractivity contribution in [3.05, 3.63) is 102 Å². The molecule has 1 amide bonds. The Kier molecular flexibility index (Phi) is 7.10. The average molecular weight is 431 g/mol. The molecule has 0 bridgehead atoms. The minimum atomic E-state index is -0.0756. The lowest BCUT2D eigenvalue weighted by molar-refractivity contribution is -0.132. The number of carbonyl (C=O) groups is 1. The van der Waals surface area contributed by atoms with Gasteiger partial charge in [-0.2, -0.15) is 0 Å². The van der Waals surface area contributed by atoms with Crippen molar-refractivity contribution >= 4 is 17.7 Å². The Balaban J connectivity index is 1.41. The number of nitrogens with zero attached hydrogens (tertiary/aromatic N) is 2. The second-order valence-corrected chi connectivity index (χ2v) is 9.57. The van der Waals surface area contributed by atoms with Gasteiger partial charge in [-0.25, -0.2) is 0 Å². The van der Waals surface area contributed by atoms with Crippen molar-refractivity contribution in [2.45, 2.75) is 30.0 Å². The number of piperazine rings is 1. The fourth-order valence-electron chi connectivity index (χ4n) is 4.21. The van der Waals surface area contributed by atoms with Crippen LogP contribution in [0.5, 0.6) is 0 Å². The standard InChI is InChI=1S/C27H30N2OS/c1-21-13-15-25(16-14-21)31-22(2)27(30)29-19-17-28(18-20-29)26(23-9-5-3-6-10-23)24-11-7-4-8-12-24/h3-16,22,26H,17-20H2,1-2H3/t22-/m1/s1. The van der Waals surface area contributed by atoms with Gasteiger partial charge >= 0.3 is 0 Å². The molecule has 0 spiro atoms. The molecule has 1 fully saturated rings. The van der Waals surface area contributed by atoms with Crippen molar-refractivity contribution in [1.29, 1.82) is 0 Å². The van der Waals surface area contributed by atoms with Gasteiger partial charge < -0.3 is 4.90 Å². The van der Waals surface area contributed by atoms with Crippen molar-refractivity contribution < 1.29 is 4.79 Å². The van der Waals surface area contributed by atoms with Crippen LogP contribution in [0.25, 0.3) is 0 Å². The van der Waals surface area contributed by atoms with E-state index in [0.717, 1.165) is 31.1 Å². The topological polar surface area (TPSA) is 23.6 Å². The molecule has 1 atom stereocenters. The van der Waals surface area contributed by atoms with Crippen LogP contribution in [0.3, 0.4) is 0 Å². The Morgan fingerprint density at radius 3 is 1.81 bits per heavy atom. The molecule has 31 heavy (non-hydrogen) atoms. The van der Waals surface area contributed by atoms with Gasteiger partial charge in [0.2, 0.25) is 5.91 Å². The fourth-order valence-corrected chi connectivity index (χ4v) is 5.17. The van der Waals surface area contributed by atoms with E-state index >= 15 is 0 Å². The van der Waals surface area contributed by atoms with E-state index < -0.39 is 0 Å². The van der Waals surface area contributed by atoms with Crippen molar-refractivity contribution in [2.75, 3.05) is 26.2 Å². The molecule has 0 saturated carbocycles. The lowest BCUT2D eigenvalue weighted by atomic mass is 9.96. The van der Waals surface area contributed by atoms with E-state index in [1.54, 1.807) is 11.8 Å². The molecule has 0 unspecified atom stereocenters. The van der Waals surface area contributed by atoms with Crippen molar-refractivity contribution in [3.8, 4) is 0 Å². The molecular formula is C27H30N2OS. The maximum atomic E-state index is 13.1. The van der Waals surface area contributed by atoms with E-state index in [1.165, 1.54) is 16.7 Å². The Hall–Kier alpha value is -2.56. The summed E-state index contributed by atoms with van der Waals surface area (Å²) in [7, 11) is 0. The maximum absolute atomic E-state index is 13.1. The van der Waals surface area contributed by atoms with E-state index in [4.69, 9.17) is 0 Å². The minimum absolute atomic E-state index is 0.0756. The highest BCUT2D eigenvalue weighted by Crippen LogP contribution is 2.30. The molecule has 3 aromatic carbocycles. The quantitative estimate of drug-likeness (QED) is 0.489. The first-order chi connectivity index (χ1) is 15.1. The third-order valence-corrected chi connectivity index (χ3v) is 7.00. The van der Waals surface area contributed by atoms with Crippen molar-refractivity contribution in [2.24, 2.45) is 0 Å². The molecular weight excluding hydrogens is 400 g/mol. The third-order valence-electron chi connectivity index (χ3n) is 5.90. The van der Waals surface area contributed by atoms with Gasteiger partial charge in [-0.15, -0.1) is 11.8 Å². The minimum Gasteiger partial charge on any atom is -0.339 e. The smallest absolute Gasteiger partial charge is 0.235 e. The van der Waals surface area contributed by atoms with Gasteiger partial charge in [0.25, 0.3) is 0 Å². The molecule has 3 aromatic rings. The number of aryl methyl sites for hydroxylation is 1. The molecule has 0 aliphatic carbocycles. The van der Waals surface area contributed by atoms with Crippen molar-refractivity contribution in [3.63, 3.8) is 0 Å². The zero-order valence-electron chi connectivity index (χ0n) is 18.3. The summed E-state index contributed by atoms with van der Waals surface area (Å²) in [6.07, 6.45) is 0. The van der Waals surface area contributed by atoms with E-state index in [-0.39, 0.29) is 17.2 Å². The van der Waals surface area contributed by atoms with Crippen LogP contribution >= 0.6 is 11.8 Å². The molecule has 1 heterocycles. The molecule has 0 radical (unpaired) electrons. The van der Waals surface area contributed by atoms with E-state index in [9.17, 15) is 4.79 Å². The van der Waals surface area contributed by atoms with Gasteiger partial charge in [-0.3, -0.25) is 9.69 Å². The Morgan fingerprint density at radius 1 is 0.774 bits per heavy atom. The summed E-state index contributed by atoms with van der Waals surface area (Å²) in [4.78, 5) is 18.8. The first-order valence-electron chi connectivity index (χ1n) is 11.0. The maximum Gasteiger partial charge on any atom is 0.235 e. The van der Waals surface area contributed by atoms with Crippen LogP contribution in [0, 0.1) is 6.92 Å². The summed E-state index contributed by atoms with van der Waals surface area (Å²) < 4.78 is 0. The lowest BCUT2D eigenvalue weighted by Gasteiger charge is -2.40. The molecule has 4 rings (SSSR count). The van der Waals surface area contributed by atoms with Gasteiger partial charge in [0.05, 0.1) is 11.3 Å². The average Bonchev–Trinajstić information content (AvgIpc) is 2.82. The zero-order chi connectivity index (χ0) is 21.6. The highest BCUT2D eigenvalue weighted by Gasteiger charge is 2.30. The van der Waals surface area contributed by atoms with Crippen LogP contribution in [0.2, 0.25) is 0 Å². The largest absolute Gasteiger partial charge is 0.339 e. The first kappa shape index (κ1) is 21.7. The number of benzene rings is 3. The second-order valence-electron chi connectivity index (χ2n) is 8.16. The second kappa shape index (κ2) is 10.2. The molecule has 1 aliphatic rings. The number of thioether (sulfide) groups is 1. The Bertz CT molecular complexity index is 928. The highest BCUT2D eigenvalue weighted by atomic mass is 32.2. The molecule has 160 valence electrons. The zero-order valence-corrected chi connectivity index (χ0v) is 19.1. The van der Waals surface area contributed by atoms with Gasteiger partial charge in [-0.1, -0.05) is 78.4 Å². The SMILES string of the molecule is Cc1ccc(S[C@H](C)C(=O)N2CCN(C(c3ccccc3)c3ccccc3)CC2)cc1. The monoisotopic (exact) mass is 430 g/mol. The summed E-state index contributed by atoms with van der Waals surface area (Å²) in [6, 6.07) is 30.0. The molecule has 1 saturated heterocycles. The van der Waals surface area contributed by atoms with Gasteiger partial charge in [0.15, 0.2) is 0 Å². The Labute approximate surface area is 190 Å². The number of rotatable bonds is 6. The van der Waals surface area contributed by atoms with Crippen LogP contribution in [-0.2, 0) is 4.79 Å². The third kappa shape index (κ3) is 5.38. The predicted octanol–water partition coefficient (Wildman–Crippen LogP) is 5.41. The number of amides is 1.